The fraction of sp³-hybridized carbons (Fsp3) is 0.211. The van der Waals surface area contributed by atoms with Crippen molar-refractivity contribution in [3.05, 3.63) is 51.2 Å². The zero-order valence-electron chi connectivity index (χ0n) is 15.6. The number of amides is 2. The zero-order chi connectivity index (χ0) is 20.1. The van der Waals surface area contributed by atoms with E-state index in [2.05, 4.69) is 15.8 Å². The predicted molar refractivity (Wildman–Crippen MR) is 109 cm³/mol. The molecule has 9 heteroatoms. The number of ether oxygens (including phenoxy) is 2. The van der Waals surface area contributed by atoms with Crippen LogP contribution in [0.2, 0.25) is 0 Å². The van der Waals surface area contributed by atoms with E-state index in [0.29, 0.717) is 34.2 Å². The third-order valence-electron chi connectivity index (χ3n) is 3.79. The van der Waals surface area contributed by atoms with E-state index in [-0.39, 0.29) is 0 Å². The monoisotopic (exact) mass is 417 g/mol. The van der Waals surface area contributed by atoms with Gasteiger partial charge in [0.15, 0.2) is 11.5 Å². The van der Waals surface area contributed by atoms with Crippen LogP contribution in [-0.2, 0) is 0 Å². The van der Waals surface area contributed by atoms with Gasteiger partial charge in [-0.3, -0.25) is 20.4 Å². The Labute approximate surface area is 170 Å². The minimum Gasteiger partial charge on any atom is -0.493 e. The van der Waals surface area contributed by atoms with E-state index in [1.807, 2.05) is 23.8 Å². The molecule has 0 bridgehead atoms. The summed E-state index contributed by atoms with van der Waals surface area (Å²) in [5.41, 5.74) is 6.77. The topological polar surface area (TPSA) is 89.6 Å². The van der Waals surface area contributed by atoms with E-state index >= 15 is 0 Å². The number of aryl methyl sites for hydroxylation is 1. The number of thiophene rings is 1. The molecule has 3 aromatic rings. The molecule has 28 heavy (non-hydrogen) atoms. The maximum atomic E-state index is 12.4. The van der Waals surface area contributed by atoms with Gasteiger partial charge in [0.1, 0.15) is 9.88 Å². The van der Waals surface area contributed by atoms with E-state index in [9.17, 15) is 9.59 Å². The van der Waals surface area contributed by atoms with Crippen LogP contribution in [-0.4, -0.2) is 30.5 Å². The molecular formula is C19H19N3O4S2. The van der Waals surface area contributed by atoms with Gasteiger partial charge in [0.05, 0.1) is 19.4 Å². The van der Waals surface area contributed by atoms with Crippen molar-refractivity contribution in [3.8, 4) is 22.1 Å². The Morgan fingerprint density at radius 2 is 1.93 bits per heavy atom. The van der Waals surface area contributed by atoms with Crippen molar-refractivity contribution in [2.24, 2.45) is 0 Å². The second-order valence-electron chi connectivity index (χ2n) is 5.65. The minimum atomic E-state index is -0.463. The Morgan fingerprint density at radius 3 is 2.61 bits per heavy atom. The Hall–Kier alpha value is -2.91. The van der Waals surface area contributed by atoms with Gasteiger partial charge in [-0.1, -0.05) is 0 Å². The number of carbonyl (C=O) groups excluding carboxylic acids is 2. The predicted octanol–water partition coefficient (Wildman–Crippen LogP) is 3.66. The van der Waals surface area contributed by atoms with Crippen molar-refractivity contribution in [2.75, 3.05) is 13.7 Å². The fourth-order valence-corrected chi connectivity index (χ4v) is 4.12. The molecule has 2 aromatic heterocycles. The molecule has 1 aromatic carbocycles. The summed E-state index contributed by atoms with van der Waals surface area (Å²) < 4.78 is 10.7. The van der Waals surface area contributed by atoms with Crippen LogP contribution in [0.4, 0.5) is 0 Å². The highest BCUT2D eigenvalue weighted by Crippen LogP contribution is 2.29. The van der Waals surface area contributed by atoms with Gasteiger partial charge in [-0.25, -0.2) is 4.98 Å². The largest absolute Gasteiger partial charge is 0.493 e. The lowest BCUT2D eigenvalue weighted by Gasteiger charge is -2.11. The normalized spacial score (nSPS) is 10.4. The lowest BCUT2D eigenvalue weighted by atomic mass is 10.2. The van der Waals surface area contributed by atoms with Gasteiger partial charge in [-0.2, -0.15) is 11.3 Å². The van der Waals surface area contributed by atoms with Crippen LogP contribution in [0.25, 0.3) is 10.6 Å². The van der Waals surface area contributed by atoms with Crippen LogP contribution in [0.15, 0.2) is 35.0 Å². The Bertz CT molecular complexity index is 983. The average molecular weight is 418 g/mol. The van der Waals surface area contributed by atoms with E-state index in [4.69, 9.17) is 9.47 Å². The van der Waals surface area contributed by atoms with Crippen molar-refractivity contribution in [1.29, 1.82) is 0 Å². The molecule has 0 saturated heterocycles. The zero-order valence-corrected chi connectivity index (χ0v) is 17.2. The number of methoxy groups -OCH3 is 1. The maximum Gasteiger partial charge on any atom is 0.281 e. The van der Waals surface area contributed by atoms with E-state index < -0.39 is 11.8 Å². The Morgan fingerprint density at radius 1 is 1.14 bits per heavy atom. The van der Waals surface area contributed by atoms with Crippen molar-refractivity contribution >= 4 is 34.5 Å². The fourth-order valence-electron chi connectivity index (χ4n) is 2.44. The Balaban J connectivity index is 1.67. The molecule has 0 aliphatic rings. The first-order valence-electron chi connectivity index (χ1n) is 8.45. The molecule has 7 nitrogen and oxygen atoms in total. The van der Waals surface area contributed by atoms with E-state index in [1.165, 1.54) is 18.4 Å². The van der Waals surface area contributed by atoms with Crippen LogP contribution in [0, 0.1) is 6.92 Å². The van der Waals surface area contributed by atoms with E-state index in [0.717, 1.165) is 10.6 Å². The SMILES string of the molecule is CCOc1ccc(C(=O)NNC(=O)c2sc(-c3ccsc3)nc2C)cc1OC. The van der Waals surface area contributed by atoms with Crippen LogP contribution in [0.5, 0.6) is 11.5 Å². The molecule has 3 rings (SSSR count). The lowest BCUT2D eigenvalue weighted by Crippen LogP contribution is -2.41. The molecule has 0 aliphatic carbocycles. The molecular weight excluding hydrogens is 398 g/mol. The summed E-state index contributed by atoms with van der Waals surface area (Å²) in [7, 11) is 1.50. The van der Waals surface area contributed by atoms with Crippen LogP contribution in [0.1, 0.15) is 32.6 Å². The number of carbonyl (C=O) groups is 2. The molecule has 0 spiro atoms. The second kappa shape index (κ2) is 8.85. The quantitative estimate of drug-likeness (QED) is 0.598. The minimum absolute atomic E-state index is 0.334. The molecule has 2 heterocycles. The molecule has 0 saturated carbocycles. The van der Waals surface area contributed by atoms with Gasteiger partial charge in [-0.05, 0) is 43.5 Å². The highest BCUT2D eigenvalue weighted by molar-refractivity contribution is 7.17. The molecule has 2 N–H and O–H groups in total. The van der Waals surface area contributed by atoms with Gasteiger partial charge >= 0.3 is 0 Å². The van der Waals surface area contributed by atoms with Crippen molar-refractivity contribution in [2.45, 2.75) is 13.8 Å². The summed E-state index contributed by atoms with van der Waals surface area (Å²) in [4.78, 5) is 29.7. The number of hydrogen-bond acceptors (Lipinski definition) is 7. The number of rotatable bonds is 6. The lowest BCUT2D eigenvalue weighted by molar-refractivity contribution is 0.0848. The maximum absolute atomic E-state index is 12.4. The van der Waals surface area contributed by atoms with Crippen LogP contribution in [0.3, 0.4) is 0 Å². The average Bonchev–Trinajstić information content (AvgIpc) is 3.36. The van der Waals surface area contributed by atoms with Gasteiger partial charge in [0, 0.05) is 16.5 Å². The number of aromatic nitrogens is 1. The summed E-state index contributed by atoms with van der Waals surface area (Å²) >= 11 is 2.85. The first kappa shape index (κ1) is 19.8. The van der Waals surface area contributed by atoms with Crippen LogP contribution < -0.4 is 20.3 Å². The van der Waals surface area contributed by atoms with Crippen molar-refractivity contribution < 1.29 is 19.1 Å². The number of thiazole rings is 1. The summed E-state index contributed by atoms with van der Waals surface area (Å²) in [6.45, 7) is 4.11. The van der Waals surface area contributed by atoms with E-state index in [1.54, 1.807) is 36.5 Å². The molecule has 0 fully saturated rings. The molecule has 0 unspecified atom stereocenters. The highest BCUT2D eigenvalue weighted by atomic mass is 32.1. The molecule has 146 valence electrons. The first-order valence-corrected chi connectivity index (χ1v) is 10.2. The van der Waals surface area contributed by atoms with Gasteiger partial charge in [-0.15, -0.1) is 11.3 Å². The van der Waals surface area contributed by atoms with Gasteiger partial charge in [0.25, 0.3) is 11.8 Å². The summed E-state index contributed by atoms with van der Waals surface area (Å²) in [5.74, 6) is 0.115. The highest BCUT2D eigenvalue weighted by Gasteiger charge is 2.18. The standard InChI is InChI=1S/C19H19N3O4S2/c1-4-26-14-6-5-12(9-15(14)25-3)17(23)21-22-18(24)16-11(2)20-19(28-16)13-7-8-27-10-13/h5-10H,4H2,1-3H3,(H,21,23)(H,22,24). The van der Waals surface area contributed by atoms with Crippen molar-refractivity contribution in [3.63, 3.8) is 0 Å². The van der Waals surface area contributed by atoms with Gasteiger partial charge in [0.2, 0.25) is 0 Å². The Kier molecular flexibility index (Phi) is 6.27. The van der Waals surface area contributed by atoms with Crippen LogP contribution >= 0.6 is 22.7 Å². The smallest absolute Gasteiger partial charge is 0.281 e. The summed E-state index contributed by atoms with van der Waals surface area (Å²) in [5, 5.41) is 4.70. The molecule has 0 atom stereocenters. The molecule has 0 radical (unpaired) electrons. The second-order valence-corrected chi connectivity index (χ2v) is 7.43. The van der Waals surface area contributed by atoms with Crippen molar-refractivity contribution in [1.82, 2.24) is 15.8 Å². The van der Waals surface area contributed by atoms with Gasteiger partial charge < -0.3 is 9.47 Å². The number of nitrogens with zero attached hydrogens (tertiary/aromatic N) is 1. The third-order valence-corrected chi connectivity index (χ3v) is 5.67. The number of hydrogen-bond donors (Lipinski definition) is 2. The number of hydrazine groups is 1. The third kappa shape index (κ3) is 4.32. The summed E-state index contributed by atoms with van der Waals surface area (Å²) in [6.07, 6.45) is 0. The summed E-state index contributed by atoms with van der Waals surface area (Å²) in [6, 6.07) is 6.76. The first-order chi connectivity index (χ1) is 13.5. The number of benzene rings is 1. The molecule has 2 amide bonds. The molecule has 0 aliphatic heterocycles. The number of nitrogens with one attached hydrogen (secondary N) is 2.